The smallest absolute Gasteiger partial charge is 0.417 e. The summed E-state index contributed by atoms with van der Waals surface area (Å²) < 4.78 is 6.45. The van der Waals surface area contributed by atoms with Crippen LogP contribution in [0.4, 0.5) is 0 Å². The van der Waals surface area contributed by atoms with E-state index in [1.54, 1.807) is 11.3 Å². The summed E-state index contributed by atoms with van der Waals surface area (Å²) in [5.41, 5.74) is 1.39. The normalized spacial score (nSPS) is 12.6. The van der Waals surface area contributed by atoms with Crippen LogP contribution in [0.3, 0.4) is 0 Å². The minimum atomic E-state index is -1.67. The van der Waals surface area contributed by atoms with Crippen LogP contribution in [-0.4, -0.2) is 14.4 Å². The van der Waals surface area contributed by atoms with Crippen LogP contribution in [0.5, 0.6) is 0 Å². The van der Waals surface area contributed by atoms with E-state index in [0.29, 0.717) is 6.10 Å². The predicted octanol–water partition coefficient (Wildman–Crippen LogP) is 6.78. The van der Waals surface area contributed by atoms with Gasteiger partial charge in [-0.2, -0.15) is 17.9 Å². The minimum Gasteiger partial charge on any atom is -0.417 e. The average Bonchev–Trinajstić information content (AvgIpc) is 3.11. The van der Waals surface area contributed by atoms with E-state index < -0.39 is 8.32 Å². The summed E-state index contributed by atoms with van der Waals surface area (Å²) in [5, 5.41) is 5.16. The van der Waals surface area contributed by atoms with Crippen LogP contribution < -0.4 is 0 Å². The second-order valence-corrected chi connectivity index (χ2v) is 13.0. The Balaban J connectivity index is 0.000000820. The maximum atomic E-state index is 6.45. The van der Waals surface area contributed by atoms with Gasteiger partial charge in [-0.3, -0.25) is 0 Å². The van der Waals surface area contributed by atoms with Gasteiger partial charge < -0.3 is 22.7 Å². The molecule has 0 spiro atoms. The molecule has 1 aromatic carbocycles. The maximum Gasteiger partial charge on any atom is 2.00 e. The molecule has 0 saturated heterocycles. The van der Waals surface area contributed by atoms with Gasteiger partial charge in [0.2, 0.25) is 0 Å². The summed E-state index contributed by atoms with van der Waals surface area (Å²) in [5.74, 6) is 0. The van der Waals surface area contributed by atoms with Crippen LogP contribution >= 0.6 is 11.3 Å². The third-order valence-corrected chi connectivity index (χ3v) is 9.67. The van der Waals surface area contributed by atoms with Crippen LogP contribution in [0.15, 0.2) is 47.8 Å². The van der Waals surface area contributed by atoms with Crippen LogP contribution in [0.25, 0.3) is 0 Å². The second kappa shape index (κ2) is 12.1. The maximum absolute atomic E-state index is 6.45. The Bertz CT molecular complexity index is 518. The summed E-state index contributed by atoms with van der Waals surface area (Å²) in [4.78, 5) is 0. The van der Waals surface area contributed by atoms with E-state index in [-0.39, 0.29) is 22.1 Å². The van der Waals surface area contributed by atoms with Crippen LogP contribution in [0.1, 0.15) is 39.2 Å². The van der Waals surface area contributed by atoms with Crippen molar-refractivity contribution in [1.29, 1.82) is 0 Å². The first-order chi connectivity index (χ1) is 11.3. The average molecular weight is 424 g/mol. The Kier molecular flexibility index (Phi) is 11.9. The van der Waals surface area contributed by atoms with E-state index in [1.165, 1.54) is 5.56 Å². The molecule has 0 unspecified atom stereocenters. The summed E-state index contributed by atoms with van der Waals surface area (Å²) in [6.07, 6.45) is 3.30. The molecule has 4 heteroatoms. The Morgan fingerprint density at radius 3 is 2.20 bits per heavy atom. The van der Waals surface area contributed by atoms with Crippen molar-refractivity contribution in [2.45, 2.75) is 64.3 Å². The largest absolute Gasteiger partial charge is 2.00 e. The number of hydrogen-bond donors (Lipinski definition) is 0. The first-order valence-electron chi connectivity index (χ1n) is 8.67. The molecular formula is C21H32CuOSSi. The fraction of sp³-hybridized carbons (Fsp3) is 0.476. The fourth-order valence-corrected chi connectivity index (χ4v) is 3.84. The number of thiophene rings is 1. The molecule has 2 aromatic rings. The molecule has 2 rings (SSSR count). The van der Waals surface area contributed by atoms with Crippen molar-refractivity contribution >= 4 is 19.7 Å². The zero-order chi connectivity index (χ0) is 18.1. The molecule has 0 amide bonds. The Morgan fingerprint density at radius 2 is 1.80 bits per heavy atom. The number of hydrogen-bond acceptors (Lipinski definition) is 2. The Labute approximate surface area is 170 Å². The van der Waals surface area contributed by atoms with Gasteiger partial charge in [0.15, 0.2) is 8.32 Å². The molecule has 1 nitrogen and oxygen atoms in total. The summed E-state index contributed by atoms with van der Waals surface area (Å²) in [6.45, 7) is 15.6. The quantitative estimate of drug-likeness (QED) is 0.367. The van der Waals surface area contributed by atoms with Crippen molar-refractivity contribution in [2.24, 2.45) is 0 Å². The van der Waals surface area contributed by atoms with Crippen LogP contribution in [-0.2, 0) is 27.9 Å². The molecule has 0 fully saturated rings. The number of benzene rings is 1. The third kappa shape index (κ3) is 9.77. The van der Waals surface area contributed by atoms with E-state index in [0.717, 1.165) is 19.3 Å². The van der Waals surface area contributed by atoms with Gasteiger partial charge in [0.05, 0.1) is 0 Å². The van der Waals surface area contributed by atoms with E-state index in [2.05, 4.69) is 76.5 Å². The zero-order valence-corrected chi connectivity index (χ0v) is 18.9. The molecule has 0 saturated carbocycles. The Hall–Kier alpha value is -0.384. The van der Waals surface area contributed by atoms with Gasteiger partial charge in [-0.05, 0) is 36.5 Å². The molecule has 1 heterocycles. The molecule has 0 bridgehead atoms. The van der Waals surface area contributed by atoms with Gasteiger partial charge in [-0.25, -0.2) is 6.07 Å². The van der Waals surface area contributed by atoms with Crippen molar-refractivity contribution in [1.82, 2.24) is 0 Å². The van der Waals surface area contributed by atoms with E-state index in [1.807, 2.05) is 17.5 Å². The van der Waals surface area contributed by atoms with Crippen molar-refractivity contribution in [2.75, 3.05) is 0 Å². The van der Waals surface area contributed by atoms with E-state index in [9.17, 15) is 0 Å². The zero-order valence-electron chi connectivity index (χ0n) is 16.1. The first kappa shape index (κ1) is 24.6. The van der Waals surface area contributed by atoms with Crippen LogP contribution in [0.2, 0.25) is 18.1 Å². The summed E-state index contributed by atoms with van der Waals surface area (Å²) in [6, 6.07) is 14.5. The molecule has 0 N–H and O–H groups in total. The van der Waals surface area contributed by atoms with Gasteiger partial charge in [0.25, 0.3) is 0 Å². The summed E-state index contributed by atoms with van der Waals surface area (Å²) >= 11 is 1.59. The van der Waals surface area contributed by atoms with Gasteiger partial charge >= 0.3 is 17.1 Å². The third-order valence-electron chi connectivity index (χ3n) is 4.57. The molecule has 1 radical (unpaired) electrons. The molecule has 1 aromatic heterocycles. The van der Waals surface area contributed by atoms with Gasteiger partial charge in [-0.15, -0.1) is 5.38 Å². The number of aryl methyl sites for hydroxylation is 1. The monoisotopic (exact) mass is 423 g/mol. The molecule has 25 heavy (non-hydrogen) atoms. The molecule has 0 aliphatic rings. The van der Waals surface area contributed by atoms with Crippen molar-refractivity contribution in [3.63, 3.8) is 0 Å². The fourth-order valence-electron chi connectivity index (χ4n) is 2.02. The minimum absolute atomic E-state index is 0. The predicted molar refractivity (Wildman–Crippen MR) is 110 cm³/mol. The van der Waals surface area contributed by atoms with Gasteiger partial charge in [0, 0.05) is 6.10 Å². The first-order valence-corrected chi connectivity index (χ1v) is 12.5. The van der Waals surface area contributed by atoms with E-state index in [4.69, 9.17) is 4.43 Å². The van der Waals surface area contributed by atoms with Gasteiger partial charge in [0.1, 0.15) is 0 Å². The van der Waals surface area contributed by atoms with E-state index >= 15 is 0 Å². The van der Waals surface area contributed by atoms with Crippen LogP contribution in [0, 0.1) is 12.3 Å². The molecular weight excluding hydrogens is 392 g/mol. The standard InChI is InChI=1S/C17H29OSi.C4H3S.Cu/c1-7-16(18-19(5,6)17(2,3)4)14-13-15-11-9-8-10-12-15;1-2-4-5-3-1;/h8-12,16H,1,7,13-14H2,2-6H3;1-3H;/q2*-1;+2/t16-;;/m1../s1. The molecule has 1 atom stereocenters. The second-order valence-electron chi connectivity index (χ2n) is 7.54. The summed E-state index contributed by atoms with van der Waals surface area (Å²) in [7, 11) is -1.67. The number of rotatable bonds is 6. The van der Waals surface area contributed by atoms with Crippen molar-refractivity contribution in [3.8, 4) is 0 Å². The molecule has 0 aliphatic carbocycles. The van der Waals surface area contributed by atoms with Crippen molar-refractivity contribution < 1.29 is 21.5 Å². The van der Waals surface area contributed by atoms with Gasteiger partial charge in [-0.1, -0.05) is 51.1 Å². The topological polar surface area (TPSA) is 9.23 Å². The Morgan fingerprint density at radius 1 is 1.16 bits per heavy atom. The molecule has 0 aliphatic heterocycles. The SMILES string of the molecule is [CH2-]C[C@H](CCc1ccccc1)O[Si](C)(C)C(C)(C)C.[Cu+2].[c-]1cccs1. The molecule has 143 valence electrons. The van der Waals surface area contributed by atoms with Crippen molar-refractivity contribution in [3.05, 3.63) is 65.7 Å².